The molecule has 0 radical (unpaired) electrons. The Balaban J connectivity index is 0.00000196. The molecule has 4 saturated carbocycles. The molecule has 0 unspecified atom stereocenters. The molecule has 144 valence electrons. The highest BCUT2D eigenvalue weighted by Crippen LogP contribution is 2.57. The topological polar surface area (TPSA) is 58.4 Å². The minimum absolute atomic E-state index is 0. The number of hydrogen-bond donors (Lipinski definition) is 2. The highest BCUT2D eigenvalue weighted by Gasteiger charge is 2.52. The van der Waals surface area contributed by atoms with Crippen molar-refractivity contribution in [1.29, 1.82) is 0 Å². The van der Waals surface area contributed by atoms with Gasteiger partial charge in [-0.25, -0.2) is 0 Å². The highest BCUT2D eigenvalue weighted by atomic mass is 35.5. The van der Waals surface area contributed by atoms with E-state index < -0.39 is 0 Å². The zero-order valence-corrected chi connectivity index (χ0v) is 16.6. The molecule has 4 aliphatic rings. The Morgan fingerprint density at radius 3 is 2.27 bits per heavy atom. The lowest BCUT2D eigenvalue weighted by molar-refractivity contribution is -0.0863. The Morgan fingerprint density at radius 2 is 1.73 bits per heavy atom. The molecule has 5 rings (SSSR count). The van der Waals surface area contributed by atoms with Crippen LogP contribution in [0.1, 0.15) is 55.8 Å². The van der Waals surface area contributed by atoms with Gasteiger partial charge in [0.2, 0.25) is 0 Å². The molecular formula is C21H32ClN3O. The van der Waals surface area contributed by atoms with Crippen molar-refractivity contribution in [2.24, 2.45) is 17.8 Å². The molecular weight excluding hydrogens is 346 g/mol. The average Bonchev–Trinajstić information content (AvgIpc) is 2.57. The third-order valence-electron chi connectivity index (χ3n) is 6.93. The monoisotopic (exact) mass is 377 g/mol. The van der Waals surface area contributed by atoms with Crippen molar-refractivity contribution in [2.75, 3.05) is 25.4 Å². The number of amides is 1. The Morgan fingerprint density at radius 1 is 1.15 bits per heavy atom. The van der Waals surface area contributed by atoms with E-state index >= 15 is 0 Å². The van der Waals surface area contributed by atoms with Crippen molar-refractivity contribution >= 4 is 24.0 Å². The molecule has 26 heavy (non-hydrogen) atoms. The summed E-state index contributed by atoms with van der Waals surface area (Å²) < 4.78 is 0. The maximum Gasteiger partial charge on any atom is 0.253 e. The van der Waals surface area contributed by atoms with Gasteiger partial charge in [0.15, 0.2) is 0 Å². The quantitative estimate of drug-likeness (QED) is 0.743. The maximum absolute atomic E-state index is 12.4. The lowest BCUT2D eigenvalue weighted by Gasteiger charge is -2.60. The Labute approximate surface area is 163 Å². The minimum atomic E-state index is -0.0559. The van der Waals surface area contributed by atoms with Gasteiger partial charge in [-0.3, -0.25) is 9.69 Å². The van der Waals surface area contributed by atoms with E-state index in [1.54, 1.807) is 12.1 Å². The number of nitrogens with one attached hydrogen (secondary N) is 1. The molecule has 5 heteroatoms. The Kier molecular flexibility index (Phi) is 5.83. The summed E-state index contributed by atoms with van der Waals surface area (Å²) in [5.74, 6) is 2.82. The first kappa shape index (κ1) is 19.5. The number of nitrogens with zero attached hydrogens (tertiary/aromatic N) is 1. The van der Waals surface area contributed by atoms with Crippen LogP contribution in [0.3, 0.4) is 0 Å². The molecule has 1 aromatic rings. The van der Waals surface area contributed by atoms with Crippen LogP contribution in [-0.2, 0) is 0 Å². The molecule has 4 bridgehead atoms. The van der Waals surface area contributed by atoms with E-state index in [1.807, 2.05) is 12.1 Å². The van der Waals surface area contributed by atoms with Crippen molar-refractivity contribution < 1.29 is 4.79 Å². The van der Waals surface area contributed by atoms with Gasteiger partial charge in [0, 0.05) is 24.3 Å². The van der Waals surface area contributed by atoms with Crippen LogP contribution in [0.25, 0.3) is 0 Å². The van der Waals surface area contributed by atoms with Gasteiger partial charge in [0.25, 0.3) is 5.91 Å². The molecule has 0 aliphatic heterocycles. The van der Waals surface area contributed by atoms with Crippen LogP contribution in [0.15, 0.2) is 24.3 Å². The molecule has 0 spiro atoms. The van der Waals surface area contributed by atoms with Crippen molar-refractivity contribution in [3.05, 3.63) is 29.8 Å². The molecule has 0 aromatic heterocycles. The highest BCUT2D eigenvalue weighted by molar-refractivity contribution is 5.99. The summed E-state index contributed by atoms with van der Waals surface area (Å²) in [7, 11) is 0. The number of nitrogen functional groups attached to an aromatic ring is 1. The normalized spacial score (nSPS) is 31.7. The second kappa shape index (κ2) is 7.77. The summed E-state index contributed by atoms with van der Waals surface area (Å²) in [5, 5.41) is 3.08. The molecule has 0 heterocycles. The number of likely N-dealkylation sites (N-methyl/N-ethyl adjacent to an activating group) is 1. The number of para-hydroxylation sites is 1. The predicted octanol–water partition coefficient (Wildman–Crippen LogP) is 3.71. The van der Waals surface area contributed by atoms with E-state index in [1.165, 1.54) is 38.5 Å². The van der Waals surface area contributed by atoms with Gasteiger partial charge in [0.1, 0.15) is 0 Å². The number of carbonyl (C=O) groups is 1. The zero-order valence-electron chi connectivity index (χ0n) is 15.7. The number of benzene rings is 1. The second-order valence-electron chi connectivity index (χ2n) is 8.56. The summed E-state index contributed by atoms with van der Waals surface area (Å²) >= 11 is 0. The molecule has 0 atom stereocenters. The summed E-state index contributed by atoms with van der Waals surface area (Å²) in [6.07, 6.45) is 8.56. The summed E-state index contributed by atoms with van der Waals surface area (Å²) in [4.78, 5) is 15.0. The largest absolute Gasteiger partial charge is 0.398 e. The van der Waals surface area contributed by atoms with Crippen LogP contribution in [0.5, 0.6) is 0 Å². The van der Waals surface area contributed by atoms with E-state index in [0.717, 1.165) is 30.8 Å². The van der Waals surface area contributed by atoms with E-state index in [2.05, 4.69) is 17.1 Å². The first-order chi connectivity index (χ1) is 12.1. The van der Waals surface area contributed by atoms with Gasteiger partial charge in [0.05, 0.1) is 5.56 Å². The van der Waals surface area contributed by atoms with E-state index in [0.29, 0.717) is 23.3 Å². The van der Waals surface area contributed by atoms with E-state index in [-0.39, 0.29) is 18.3 Å². The lowest BCUT2D eigenvalue weighted by Crippen LogP contribution is -2.60. The zero-order chi connectivity index (χ0) is 17.4. The van der Waals surface area contributed by atoms with Crippen molar-refractivity contribution in [3.8, 4) is 0 Å². The van der Waals surface area contributed by atoms with Crippen LogP contribution in [-0.4, -0.2) is 36.0 Å². The molecule has 3 N–H and O–H groups in total. The van der Waals surface area contributed by atoms with Gasteiger partial charge in [-0.15, -0.1) is 12.4 Å². The van der Waals surface area contributed by atoms with Crippen LogP contribution in [0, 0.1) is 17.8 Å². The number of hydrogen-bond acceptors (Lipinski definition) is 3. The first-order valence-corrected chi connectivity index (χ1v) is 9.97. The fourth-order valence-corrected chi connectivity index (χ4v) is 6.29. The number of anilines is 1. The third kappa shape index (κ3) is 3.59. The molecule has 4 nitrogen and oxygen atoms in total. The van der Waals surface area contributed by atoms with Gasteiger partial charge in [-0.1, -0.05) is 19.1 Å². The summed E-state index contributed by atoms with van der Waals surface area (Å²) in [6, 6.07) is 7.29. The Bertz CT molecular complexity index is 613. The summed E-state index contributed by atoms with van der Waals surface area (Å²) in [5.41, 5.74) is 7.46. The summed E-state index contributed by atoms with van der Waals surface area (Å²) in [6.45, 7) is 5.00. The number of halogens is 1. The smallest absolute Gasteiger partial charge is 0.253 e. The number of nitrogens with two attached hydrogens (primary N) is 1. The first-order valence-electron chi connectivity index (χ1n) is 9.97. The molecule has 4 aliphatic carbocycles. The average molecular weight is 378 g/mol. The van der Waals surface area contributed by atoms with Crippen LogP contribution >= 0.6 is 12.4 Å². The van der Waals surface area contributed by atoms with Crippen molar-refractivity contribution in [1.82, 2.24) is 10.2 Å². The van der Waals surface area contributed by atoms with E-state index in [4.69, 9.17) is 5.73 Å². The van der Waals surface area contributed by atoms with Gasteiger partial charge in [-0.05, 0) is 75.0 Å². The predicted molar refractivity (Wildman–Crippen MR) is 109 cm³/mol. The molecule has 1 aromatic carbocycles. The second-order valence-corrected chi connectivity index (χ2v) is 8.56. The fraction of sp³-hybridized carbons (Fsp3) is 0.667. The maximum atomic E-state index is 12.4. The van der Waals surface area contributed by atoms with Crippen LogP contribution in [0.4, 0.5) is 5.69 Å². The fourth-order valence-electron chi connectivity index (χ4n) is 6.29. The van der Waals surface area contributed by atoms with Gasteiger partial charge < -0.3 is 11.1 Å². The molecule has 1 amide bonds. The van der Waals surface area contributed by atoms with Gasteiger partial charge in [-0.2, -0.15) is 0 Å². The SMILES string of the molecule is CCN(CCNC(=O)c1ccccc1N)C12CC3CC(CC(C3)C1)C2.Cl. The molecule has 4 fully saturated rings. The lowest BCUT2D eigenvalue weighted by atomic mass is 9.52. The standard InChI is InChI=1S/C21H31N3O.ClH/c1-2-24(8-7-23-20(25)18-5-3-4-6-19(18)22)21-12-15-9-16(13-21)11-17(10-15)14-21;/h3-6,15-17H,2,7-14,22H2,1H3,(H,23,25);1H. The van der Waals surface area contributed by atoms with E-state index in [9.17, 15) is 4.79 Å². The van der Waals surface area contributed by atoms with Crippen molar-refractivity contribution in [2.45, 2.75) is 51.0 Å². The minimum Gasteiger partial charge on any atom is -0.398 e. The van der Waals surface area contributed by atoms with Gasteiger partial charge >= 0.3 is 0 Å². The third-order valence-corrected chi connectivity index (χ3v) is 6.93. The number of rotatable bonds is 6. The molecule has 0 saturated heterocycles. The Hall–Kier alpha value is -1.26. The van der Waals surface area contributed by atoms with Crippen LogP contribution in [0.2, 0.25) is 0 Å². The van der Waals surface area contributed by atoms with Crippen LogP contribution < -0.4 is 11.1 Å². The van der Waals surface area contributed by atoms with Crippen molar-refractivity contribution in [3.63, 3.8) is 0 Å². The number of carbonyl (C=O) groups excluding carboxylic acids is 1.